The predicted molar refractivity (Wildman–Crippen MR) is 102 cm³/mol. The summed E-state index contributed by atoms with van der Waals surface area (Å²) in [6.45, 7) is 6.20. The number of hydrogen-bond donors (Lipinski definition) is 2. The van der Waals surface area contributed by atoms with E-state index in [0.29, 0.717) is 41.9 Å². The standard InChI is InChI=1S/C18H21N5O3S/c1-11-8-12(2)23(22-11)7-6-17(25)21-18-20-15(10-27-18)16-5-4-14(26-16)9-19-13(3)24/h4-5,8,10H,6-7,9H2,1-3H3,(H,19,24)(H,20,21,25). The van der Waals surface area contributed by atoms with E-state index in [9.17, 15) is 9.59 Å². The summed E-state index contributed by atoms with van der Waals surface area (Å²) in [5.74, 6) is 1.000. The second-order valence-electron chi connectivity index (χ2n) is 6.16. The molecule has 0 fully saturated rings. The first-order valence-corrected chi connectivity index (χ1v) is 9.38. The minimum atomic E-state index is -0.118. The molecule has 0 aliphatic carbocycles. The lowest BCUT2D eigenvalue weighted by molar-refractivity contribution is -0.119. The Kier molecular flexibility index (Phi) is 5.70. The molecule has 142 valence electrons. The van der Waals surface area contributed by atoms with Crippen LogP contribution in [0.25, 0.3) is 11.5 Å². The Morgan fingerprint density at radius 1 is 1.30 bits per heavy atom. The van der Waals surface area contributed by atoms with Crippen LogP contribution in [0.1, 0.15) is 30.5 Å². The third-order valence-corrected chi connectivity index (χ3v) is 4.59. The summed E-state index contributed by atoms with van der Waals surface area (Å²) < 4.78 is 7.49. The minimum Gasteiger partial charge on any atom is -0.458 e. The first-order valence-electron chi connectivity index (χ1n) is 8.50. The molecule has 0 aromatic carbocycles. The van der Waals surface area contributed by atoms with E-state index in [-0.39, 0.29) is 11.8 Å². The molecule has 3 heterocycles. The van der Waals surface area contributed by atoms with Crippen molar-refractivity contribution in [3.8, 4) is 11.5 Å². The van der Waals surface area contributed by atoms with Gasteiger partial charge in [0.1, 0.15) is 11.5 Å². The smallest absolute Gasteiger partial charge is 0.228 e. The van der Waals surface area contributed by atoms with Crippen molar-refractivity contribution in [2.75, 3.05) is 5.32 Å². The number of hydrogen-bond acceptors (Lipinski definition) is 6. The average Bonchev–Trinajstić information content (AvgIpc) is 3.31. The molecule has 8 nitrogen and oxygen atoms in total. The number of furan rings is 1. The highest BCUT2D eigenvalue weighted by molar-refractivity contribution is 7.14. The highest BCUT2D eigenvalue weighted by Gasteiger charge is 2.12. The van der Waals surface area contributed by atoms with E-state index in [4.69, 9.17) is 4.42 Å². The van der Waals surface area contributed by atoms with Crippen LogP contribution in [-0.2, 0) is 22.7 Å². The molecular formula is C18H21N5O3S. The first-order chi connectivity index (χ1) is 12.9. The van der Waals surface area contributed by atoms with Gasteiger partial charge in [-0.25, -0.2) is 4.98 Å². The number of carbonyl (C=O) groups is 2. The Hall–Kier alpha value is -2.94. The zero-order chi connectivity index (χ0) is 19.4. The molecule has 0 bridgehead atoms. The number of aromatic nitrogens is 3. The monoisotopic (exact) mass is 387 g/mol. The number of rotatable bonds is 7. The predicted octanol–water partition coefficient (Wildman–Crippen LogP) is 2.88. The lowest BCUT2D eigenvalue weighted by Gasteiger charge is -2.04. The van der Waals surface area contributed by atoms with Gasteiger partial charge in [0.15, 0.2) is 10.9 Å². The molecule has 0 aliphatic heterocycles. The molecule has 0 atom stereocenters. The quantitative estimate of drug-likeness (QED) is 0.649. The van der Waals surface area contributed by atoms with Crippen molar-refractivity contribution in [1.29, 1.82) is 0 Å². The van der Waals surface area contributed by atoms with Crippen molar-refractivity contribution in [1.82, 2.24) is 20.1 Å². The van der Waals surface area contributed by atoms with E-state index in [1.165, 1.54) is 18.3 Å². The number of amides is 2. The highest BCUT2D eigenvalue weighted by atomic mass is 32.1. The van der Waals surface area contributed by atoms with Crippen LogP contribution in [-0.4, -0.2) is 26.6 Å². The number of nitrogens with one attached hydrogen (secondary N) is 2. The molecule has 0 unspecified atom stereocenters. The maximum absolute atomic E-state index is 12.2. The maximum atomic E-state index is 12.2. The fourth-order valence-corrected chi connectivity index (χ4v) is 3.27. The van der Waals surface area contributed by atoms with Gasteiger partial charge in [-0.2, -0.15) is 5.10 Å². The molecule has 3 rings (SSSR count). The molecule has 0 aliphatic rings. The number of nitrogens with zero attached hydrogens (tertiary/aromatic N) is 3. The number of thiazole rings is 1. The average molecular weight is 387 g/mol. The third-order valence-electron chi connectivity index (χ3n) is 3.83. The Balaban J connectivity index is 1.55. The van der Waals surface area contributed by atoms with Crippen LogP contribution in [0.5, 0.6) is 0 Å². The summed E-state index contributed by atoms with van der Waals surface area (Å²) in [7, 11) is 0. The molecule has 2 N–H and O–H groups in total. The summed E-state index contributed by atoms with van der Waals surface area (Å²) in [4.78, 5) is 27.5. The zero-order valence-corrected chi connectivity index (χ0v) is 16.2. The normalized spacial score (nSPS) is 10.8. The van der Waals surface area contributed by atoms with Crippen molar-refractivity contribution in [2.24, 2.45) is 0 Å². The van der Waals surface area contributed by atoms with Crippen LogP contribution in [0.3, 0.4) is 0 Å². The third kappa shape index (κ3) is 5.04. The van der Waals surface area contributed by atoms with Crippen molar-refractivity contribution in [2.45, 2.75) is 40.3 Å². The van der Waals surface area contributed by atoms with Gasteiger partial charge in [-0.1, -0.05) is 0 Å². The van der Waals surface area contributed by atoms with Gasteiger partial charge in [-0.3, -0.25) is 14.3 Å². The molecule has 0 spiro atoms. The summed E-state index contributed by atoms with van der Waals surface area (Å²) >= 11 is 1.33. The van der Waals surface area contributed by atoms with Gasteiger partial charge in [0.05, 0.1) is 12.2 Å². The van der Waals surface area contributed by atoms with Crippen LogP contribution >= 0.6 is 11.3 Å². The molecule has 0 radical (unpaired) electrons. The Labute approximate surface area is 160 Å². The van der Waals surface area contributed by atoms with E-state index in [1.807, 2.05) is 30.0 Å². The van der Waals surface area contributed by atoms with Gasteiger partial charge in [0, 0.05) is 31.0 Å². The molecule has 2 amide bonds. The molecule has 3 aromatic heterocycles. The van der Waals surface area contributed by atoms with Gasteiger partial charge in [0.25, 0.3) is 0 Å². The van der Waals surface area contributed by atoms with Gasteiger partial charge in [0.2, 0.25) is 11.8 Å². The van der Waals surface area contributed by atoms with Gasteiger partial charge >= 0.3 is 0 Å². The zero-order valence-electron chi connectivity index (χ0n) is 15.4. The summed E-state index contributed by atoms with van der Waals surface area (Å²) in [5, 5.41) is 12.2. The van der Waals surface area contributed by atoms with Gasteiger partial charge in [-0.15, -0.1) is 11.3 Å². The van der Waals surface area contributed by atoms with E-state index in [0.717, 1.165) is 11.4 Å². The maximum Gasteiger partial charge on any atom is 0.228 e. The fraction of sp³-hybridized carbons (Fsp3) is 0.333. The van der Waals surface area contributed by atoms with Crippen molar-refractivity contribution in [3.63, 3.8) is 0 Å². The Morgan fingerprint density at radius 2 is 2.11 bits per heavy atom. The highest BCUT2D eigenvalue weighted by Crippen LogP contribution is 2.26. The van der Waals surface area contributed by atoms with Crippen molar-refractivity contribution >= 4 is 28.3 Å². The Bertz CT molecular complexity index is 956. The lowest BCUT2D eigenvalue weighted by Crippen LogP contribution is -2.18. The first kappa shape index (κ1) is 18.8. The van der Waals surface area contributed by atoms with Crippen LogP contribution in [0.15, 0.2) is 28.0 Å². The topological polar surface area (TPSA) is 102 Å². The molecule has 27 heavy (non-hydrogen) atoms. The van der Waals surface area contributed by atoms with E-state index >= 15 is 0 Å². The minimum absolute atomic E-state index is 0.116. The number of aryl methyl sites for hydroxylation is 3. The van der Waals surface area contributed by atoms with Crippen molar-refractivity contribution in [3.05, 3.63) is 40.7 Å². The number of anilines is 1. The molecule has 3 aromatic rings. The van der Waals surface area contributed by atoms with E-state index in [1.54, 1.807) is 12.1 Å². The van der Waals surface area contributed by atoms with Crippen LogP contribution in [0, 0.1) is 13.8 Å². The largest absolute Gasteiger partial charge is 0.458 e. The van der Waals surface area contributed by atoms with E-state index < -0.39 is 0 Å². The second kappa shape index (κ2) is 8.17. The molecule has 9 heteroatoms. The molecule has 0 saturated carbocycles. The summed E-state index contributed by atoms with van der Waals surface area (Å²) in [6.07, 6.45) is 0.318. The van der Waals surface area contributed by atoms with Crippen LogP contribution in [0.4, 0.5) is 5.13 Å². The lowest BCUT2D eigenvalue weighted by atomic mass is 10.3. The van der Waals surface area contributed by atoms with Crippen LogP contribution in [0.2, 0.25) is 0 Å². The Morgan fingerprint density at radius 3 is 2.81 bits per heavy atom. The van der Waals surface area contributed by atoms with Gasteiger partial charge in [-0.05, 0) is 32.0 Å². The molecular weight excluding hydrogens is 366 g/mol. The van der Waals surface area contributed by atoms with E-state index in [2.05, 4.69) is 20.7 Å². The SMILES string of the molecule is CC(=O)NCc1ccc(-c2csc(NC(=O)CCn3nc(C)cc3C)n2)o1. The fourth-order valence-electron chi connectivity index (χ4n) is 2.56. The van der Waals surface area contributed by atoms with Crippen LogP contribution < -0.4 is 10.6 Å². The van der Waals surface area contributed by atoms with Crippen molar-refractivity contribution < 1.29 is 14.0 Å². The molecule has 0 saturated heterocycles. The van der Waals surface area contributed by atoms with Gasteiger partial charge < -0.3 is 15.1 Å². The number of carbonyl (C=O) groups excluding carboxylic acids is 2. The second-order valence-corrected chi connectivity index (χ2v) is 7.02. The summed E-state index contributed by atoms with van der Waals surface area (Å²) in [5.41, 5.74) is 2.61. The summed E-state index contributed by atoms with van der Waals surface area (Å²) in [6, 6.07) is 5.56.